The molecule has 0 bridgehead atoms. The summed E-state index contributed by atoms with van der Waals surface area (Å²) in [4.78, 5) is 0. The predicted octanol–water partition coefficient (Wildman–Crippen LogP) is 2.10. The minimum Gasteiger partial charge on any atom is -0.326 e. The van der Waals surface area contributed by atoms with E-state index >= 15 is 0 Å². The van der Waals surface area contributed by atoms with E-state index < -0.39 is 0 Å². The number of hydrogen-bond donors (Lipinski definition) is 1. The first-order valence-electron chi connectivity index (χ1n) is 4.38. The third-order valence-corrected chi connectivity index (χ3v) is 2.32. The minimum atomic E-state index is 0.650. The van der Waals surface area contributed by atoms with E-state index in [9.17, 15) is 0 Å². The number of nitrogens with two attached hydrogens (primary N) is 1. The first-order valence-corrected chi connectivity index (χ1v) is 4.38. The quantitative estimate of drug-likeness (QED) is 0.667. The van der Waals surface area contributed by atoms with E-state index in [1.807, 2.05) is 0 Å². The second-order valence-electron chi connectivity index (χ2n) is 3.18. The lowest BCUT2D eigenvalue weighted by atomic mass is 9.95. The fourth-order valence-electron chi connectivity index (χ4n) is 1.61. The largest absolute Gasteiger partial charge is 0.326 e. The monoisotopic (exact) mass is 159 g/mol. The Hall–Kier alpha value is -1.08. The van der Waals surface area contributed by atoms with Crippen molar-refractivity contribution in [3.05, 3.63) is 41.0 Å². The van der Waals surface area contributed by atoms with Crippen LogP contribution in [0.5, 0.6) is 0 Å². The van der Waals surface area contributed by atoms with Crippen molar-refractivity contribution in [2.24, 2.45) is 5.73 Å². The molecule has 1 aromatic rings. The van der Waals surface area contributed by atoms with Gasteiger partial charge in [0.1, 0.15) is 0 Å². The Morgan fingerprint density at radius 3 is 3.08 bits per heavy atom. The summed E-state index contributed by atoms with van der Waals surface area (Å²) in [7, 11) is 0. The molecule has 0 aromatic heterocycles. The Bertz CT molecular complexity index is 313. The van der Waals surface area contributed by atoms with Crippen molar-refractivity contribution in [1.82, 2.24) is 0 Å². The van der Waals surface area contributed by atoms with Crippen LogP contribution in [0.25, 0.3) is 6.08 Å². The molecule has 1 aliphatic carbocycles. The van der Waals surface area contributed by atoms with E-state index in [4.69, 9.17) is 5.73 Å². The van der Waals surface area contributed by atoms with Crippen LogP contribution in [0.2, 0.25) is 0 Å². The van der Waals surface area contributed by atoms with E-state index in [0.717, 1.165) is 0 Å². The molecule has 0 saturated carbocycles. The van der Waals surface area contributed by atoms with Crippen LogP contribution < -0.4 is 5.73 Å². The van der Waals surface area contributed by atoms with Crippen molar-refractivity contribution >= 4 is 6.08 Å². The van der Waals surface area contributed by atoms with Gasteiger partial charge in [0.15, 0.2) is 0 Å². The lowest BCUT2D eigenvalue weighted by molar-refractivity contribution is 0.969. The van der Waals surface area contributed by atoms with Gasteiger partial charge in [-0.05, 0) is 29.5 Å². The van der Waals surface area contributed by atoms with Gasteiger partial charge in [-0.3, -0.25) is 0 Å². The van der Waals surface area contributed by atoms with E-state index in [2.05, 4.69) is 30.4 Å². The highest BCUT2D eigenvalue weighted by molar-refractivity contribution is 5.56. The van der Waals surface area contributed by atoms with Crippen molar-refractivity contribution in [1.29, 1.82) is 0 Å². The lowest BCUT2D eigenvalue weighted by Crippen LogP contribution is -2.00. The van der Waals surface area contributed by atoms with Crippen LogP contribution in [0, 0.1) is 0 Å². The van der Waals surface area contributed by atoms with Gasteiger partial charge in [-0.2, -0.15) is 0 Å². The first kappa shape index (κ1) is 7.56. The summed E-state index contributed by atoms with van der Waals surface area (Å²) in [6.45, 7) is 0.650. The first-order chi connectivity index (χ1) is 5.90. The van der Waals surface area contributed by atoms with Crippen LogP contribution in [0.15, 0.2) is 24.3 Å². The summed E-state index contributed by atoms with van der Waals surface area (Å²) in [5, 5.41) is 0. The summed E-state index contributed by atoms with van der Waals surface area (Å²) in [6.07, 6.45) is 6.75. The number of benzene rings is 1. The molecular formula is C11H13N. The maximum atomic E-state index is 5.56. The molecule has 1 aromatic carbocycles. The molecule has 0 heterocycles. The average Bonchev–Trinajstić information content (AvgIpc) is 2.17. The standard InChI is InChI=1S/C11H13N/c12-8-9-5-6-10-3-1-2-4-11(10)7-9/h1,3,5-7H,2,4,8,12H2. The van der Waals surface area contributed by atoms with E-state index in [1.165, 1.54) is 29.5 Å². The van der Waals surface area contributed by atoms with Crippen molar-refractivity contribution in [2.45, 2.75) is 19.4 Å². The highest BCUT2D eigenvalue weighted by Gasteiger charge is 2.03. The molecule has 62 valence electrons. The maximum absolute atomic E-state index is 5.56. The van der Waals surface area contributed by atoms with Gasteiger partial charge >= 0.3 is 0 Å². The molecule has 2 rings (SSSR count). The van der Waals surface area contributed by atoms with Crippen LogP contribution in [-0.2, 0) is 13.0 Å². The Morgan fingerprint density at radius 2 is 2.25 bits per heavy atom. The van der Waals surface area contributed by atoms with Gasteiger partial charge in [-0.1, -0.05) is 30.4 Å². The number of fused-ring (bicyclic) bond motifs is 1. The summed E-state index contributed by atoms with van der Waals surface area (Å²) in [5.74, 6) is 0. The molecule has 0 spiro atoms. The molecule has 0 saturated heterocycles. The van der Waals surface area contributed by atoms with Gasteiger partial charge in [0.25, 0.3) is 0 Å². The van der Waals surface area contributed by atoms with Crippen LogP contribution in [0.1, 0.15) is 23.1 Å². The molecule has 0 radical (unpaired) electrons. The fraction of sp³-hybridized carbons (Fsp3) is 0.273. The third-order valence-electron chi connectivity index (χ3n) is 2.32. The molecule has 0 atom stereocenters. The molecular weight excluding hydrogens is 146 g/mol. The fourth-order valence-corrected chi connectivity index (χ4v) is 1.61. The Kier molecular flexibility index (Phi) is 1.96. The topological polar surface area (TPSA) is 26.0 Å². The van der Waals surface area contributed by atoms with Crippen molar-refractivity contribution in [2.75, 3.05) is 0 Å². The highest BCUT2D eigenvalue weighted by atomic mass is 14.5. The Balaban J connectivity index is 2.44. The molecule has 0 aliphatic heterocycles. The highest BCUT2D eigenvalue weighted by Crippen LogP contribution is 2.19. The van der Waals surface area contributed by atoms with Gasteiger partial charge in [-0.25, -0.2) is 0 Å². The number of aryl methyl sites for hydroxylation is 1. The zero-order valence-corrected chi connectivity index (χ0v) is 7.09. The Morgan fingerprint density at radius 1 is 1.33 bits per heavy atom. The van der Waals surface area contributed by atoms with Crippen molar-refractivity contribution in [3.8, 4) is 0 Å². The molecule has 0 fully saturated rings. The molecule has 0 amide bonds. The average molecular weight is 159 g/mol. The van der Waals surface area contributed by atoms with Crippen molar-refractivity contribution in [3.63, 3.8) is 0 Å². The molecule has 2 N–H and O–H groups in total. The molecule has 12 heavy (non-hydrogen) atoms. The van der Waals surface area contributed by atoms with E-state index in [1.54, 1.807) is 0 Å². The number of allylic oxidation sites excluding steroid dienone is 1. The van der Waals surface area contributed by atoms with Crippen LogP contribution in [0.4, 0.5) is 0 Å². The molecule has 0 unspecified atom stereocenters. The predicted molar refractivity (Wildman–Crippen MR) is 51.7 cm³/mol. The van der Waals surface area contributed by atoms with Gasteiger partial charge in [0, 0.05) is 6.54 Å². The maximum Gasteiger partial charge on any atom is 0.0178 e. The summed E-state index contributed by atoms with van der Waals surface area (Å²) in [5.41, 5.74) is 9.61. The lowest BCUT2D eigenvalue weighted by Gasteiger charge is -2.10. The summed E-state index contributed by atoms with van der Waals surface area (Å²) < 4.78 is 0. The van der Waals surface area contributed by atoms with Crippen LogP contribution in [0.3, 0.4) is 0 Å². The van der Waals surface area contributed by atoms with Crippen LogP contribution in [-0.4, -0.2) is 0 Å². The third kappa shape index (κ3) is 1.28. The van der Waals surface area contributed by atoms with Gasteiger partial charge in [0.2, 0.25) is 0 Å². The second-order valence-corrected chi connectivity index (χ2v) is 3.18. The minimum absolute atomic E-state index is 0.650. The van der Waals surface area contributed by atoms with Gasteiger partial charge in [-0.15, -0.1) is 0 Å². The number of hydrogen-bond acceptors (Lipinski definition) is 1. The van der Waals surface area contributed by atoms with Crippen molar-refractivity contribution < 1.29 is 0 Å². The SMILES string of the molecule is NCc1ccc2c(c1)CCC=C2. The summed E-state index contributed by atoms with van der Waals surface area (Å²) >= 11 is 0. The van der Waals surface area contributed by atoms with Gasteiger partial charge < -0.3 is 5.73 Å². The summed E-state index contributed by atoms with van der Waals surface area (Å²) in [6, 6.07) is 6.49. The molecule has 1 aliphatic rings. The smallest absolute Gasteiger partial charge is 0.0178 e. The molecule has 1 nitrogen and oxygen atoms in total. The Labute approximate surface area is 72.9 Å². The molecule has 1 heteroatoms. The van der Waals surface area contributed by atoms with E-state index in [0.29, 0.717) is 6.54 Å². The second kappa shape index (κ2) is 3.11. The normalized spacial score (nSPS) is 14.4. The van der Waals surface area contributed by atoms with Crippen LogP contribution >= 0.6 is 0 Å². The zero-order chi connectivity index (χ0) is 8.39. The van der Waals surface area contributed by atoms with E-state index in [-0.39, 0.29) is 0 Å². The van der Waals surface area contributed by atoms with Gasteiger partial charge in [0.05, 0.1) is 0 Å². The number of rotatable bonds is 1. The zero-order valence-electron chi connectivity index (χ0n) is 7.09.